The first-order valence-electron chi connectivity index (χ1n) is 7.11. The number of hydrogen-bond acceptors (Lipinski definition) is 6. The minimum atomic E-state index is -0.433. The van der Waals surface area contributed by atoms with E-state index < -0.39 is 4.92 Å². The molecule has 110 valence electrons. The maximum Gasteiger partial charge on any atom is 0.353 e. The second-order valence-electron chi connectivity index (χ2n) is 5.13. The molecular weight excluding hydrogens is 258 g/mol. The largest absolute Gasteiger partial charge is 0.367 e. The predicted molar refractivity (Wildman–Crippen MR) is 77.9 cm³/mol. The fourth-order valence-electron chi connectivity index (χ4n) is 2.90. The lowest BCUT2D eigenvalue weighted by molar-refractivity contribution is -0.383. The first-order chi connectivity index (χ1) is 9.67. The van der Waals surface area contributed by atoms with Crippen LogP contribution in [0.2, 0.25) is 0 Å². The van der Waals surface area contributed by atoms with Gasteiger partial charge in [0.25, 0.3) is 0 Å². The topological polar surface area (TPSA) is 93.0 Å². The molecule has 0 saturated heterocycles. The fourth-order valence-corrected chi connectivity index (χ4v) is 2.90. The van der Waals surface area contributed by atoms with Gasteiger partial charge in [0.05, 0.1) is 4.92 Å². The van der Waals surface area contributed by atoms with Crippen LogP contribution in [0.4, 0.5) is 17.3 Å². The Balaban J connectivity index is 2.26. The van der Waals surface area contributed by atoms with Crippen LogP contribution in [0.15, 0.2) is 6.33 Å². The summed E-state index contributed by atoms with van der Waals surface area (Å²) in [6.45, 7) is 2.16. The van der Waals surface area contributed by atoms with Crippen molar-refractivity contribution in [3.05, 3.63) is 16.4 Å². The van der Waals surface area contributed by atoms with Crippen LogP contribution < -0.4 is 10.6 Å². The van der Waals surface area contributed by atoms with Gasteiger partial charge < -0.3 is 10.6 Å². The molecule has 1 aromatic heterocycles. The lowest BCUT2D eigenvalue weighted by Gasteiger charge is -2.31. The van der Waals surface area contributed by atoms with E-state index in [0.717, 1.165) is 19.3 Å². The molecule has 1 saturated carbocycles. The molecule has 0 aliphatic heterocycles. The summed E-state index contributed by atoms with van der Waals surface area (Å²) in [4.78, 5) is 18.8. The first kappa shape index (κ1) is 14.5. The van der Waals surface area contributed by atoms with Crippen LogP contribution in [0.25, 0.3) is 0 Å². The van der Waals surface area contributed by atoms with Gasteiger partial charge in [-0.15, -0.1) is 0 Å². The van der Waals surface area contributed by atoms with Crippen LogP contribution in [-0.4, -0.2) is 28.0 Å². The van der Waals surface area contributed by atoms with E-state index in [9.17, 15) is 10.1 Å². The molecule has 1 fully saturated rings. The van der Waals surface area contributed by atoms with Gasteiger partial charge >= 0.3 is 5.69 Å². The summed E-state index contributed by atoms with van der Waals surface area (Å²) < 4.78 is 0. The molecule has 20 heavy (non-hydrogen) atoms. The highest BCUT2D eigenvalue weighted by atomic mass is 16.6. The molecule has 1 aromatic rings. The maximum atomic E-state index is 11.2. The van der Waals surface area contributed by atoms with E-state index in [-0.39, 0.29) is 17.5 Å². The molecule has 1 heterocycles. The van der Waals surface area contributed by atoms with Crippen molar-refractivity contribution in [3.8, 4) is 0 Å². The van der Waals surface area contributed by atoms with Crippen LogP contribution in [0.1, 0.15) is 39.0 Å². The highest BCUT2D eigenvalue weighted by Crippen LogP contribution is 2.33. The van der Waals surface area contributed by atoms with Gasteiger partial charge in [0.2, 0.25) is 11.6 Å². The van der Waals surface area contributed by atoms with Gasteiger partial charge in [-0.1, -0.05) is 26.2 Å². The second kappa shape index (κ2) is 6.49. The van der Waals surface area contributed by atoms with E-state index in [1.807, 2.05) is 0 Å². The Morgan fingerprint density at radius 1 is 1.35 bits per heavy atom. The van der Waals surface area contributed by atoms with E-state index in [1.54, 1.807) is 7.05 Å². The van der Waals surface area contributed by atoms with Gasteiger partial charge in [-0.3, -0.25) is 10.1 Å². The molecule has 1 aliphatic rings. The van der Waals surface area contributed by atoms with E-state index in [4.69, 9.17) is 0 Å². The van der Waals surface area contributed by atoms with Crippen LogP contribution in [0.3, 0.4) is 0 Å². The second-order valence-corrected chi connectivity index (χ2v) is 5.13. The Labute approximate surface area is 118 Å². The molecular formula is C13H21N5O2. The molecule has 0 bridgehead atoms. The molecule has 2 atom stereocenters. The lowest BCUT2D eigenvalue weighted by Crippen LogP contribution is -2.32. The molecule has 7 nitrogen and oxygen atoms in total. The molecule has 0 amide bonds. The summed E-state index contributed by atoms with van der Waals surface area (Å²) in [5, 5.41) is 17.3. The predicted octanol–water partition coefficient (Wildman–Crippen LogP) is 2.81. The highest BCUT2D eigenvalue weighted by Gasteiger charge is 2.28. The SMILES string of the molecule is CCC1CCCCC1Nc1ncnc(NC)c1[N+](=O)[O-]. The number of nitro groups is 1. The van der Waals surface area contributed by atoms with Crippen LogP contribution in [0, 0.1) is 16.0 Å². The molecule has 7 heteroatoms. The van der Waals surface area contributed by atoms with Crippen molar-refractivity contribution in [1.29, 1.82) is 0 Å². The van der Waals surface area contributed by atoms with Gasteiger partial charge in [-0.2, -0.15) is 0 Å². The van der Waals surface area contributed by atoms with Gasteiger partial charge in [0.1, 0.15) is 6.33 Å². The lowest BCUT2D eigenvalue weighted by atomic mass is 9.83. The zero-order valence-electron chi connectivity index (χ0n) is 11.9. The standard InChI is InChI=1S/C13H21N5O2/c1-3-9-6-4-5-7-10(9)17-13-11(18(19)20)12(14-2)15-8-16-13/h8-10H,3-7H2,1-2H3,(H2,14,15,16,17). The number of anilines is 2. The zero-order valence-corrected chi connectivity index (χ0v) is 11.9. The van der Waals surface area contributed by atoms with E-state index in [0.29, 0.717) is 11.7 Å². The number of aromatic nitrogens is 2. The Hall–Kier alpha value is -1.92. The summed E-state index contributed by atoms with van der Waals surface area (Å²) in [5.41, 5.74) is -0.0737. The minimum Gasteiger partial charge on any atom is -0.367 e. The van der Waals surface area contributed by atoms with E-state index in [2.05, 4.69) is 27.5 Å². The van der Waals surface area contributed by atoms with Crippen molar-refractivity contribution < 1.29 is 4.92 Å². The van der Waals surface area contributed by atoms with Crippen molar-refractivity contribution in [2.75, 3.05) is 17.7 Å². The van der Waals surface area contributed by atoms with E-state index in [1.165, 1.54) is 19.2 Å². The molecule has 2 N–H and O–H groups in total. The maximum absolute atomic E-state index is 11.2. The number of hydrogen-bond donors (Lipinski definition) is 2. The molecule has 2 rings (SSSR count). The van der Waals surface area contributed by atoms with Gasteiger partial charge in [-0.05, 0) is 18.8 Å². The van der Waals surface area contributed by atoms with Crippen LogP contribution >= 0.6 is 0 Å². The molecule has 0 spiro atoms. The zero-order chi connectivity index (χ0) is 14.5. The third-order valence-electron chi connectivity index (χ3n) is 4.00. The van der Waals surface area contributed by atoms with E-state index >= 15 is 0 Å². The van der Waals surface area contributed by atoms with Crippen LogP contribution in [-0.2, 0) is 0 Å². The Morgan fingerprint density at radius 3 is 2.70 bits per heavy atom. The minimum absolute atomic E-state index is 0.0737. The molecule has 0 aromatic carbocycles. The first-order valence-corrected chi connectivity index (χ1v) is 7.11. The number of nitrogens with one attached hydrogen (secondary N) is 2. The smallest absolute Gasteiger partial charge is 0.353 e. The Bertz CT molecular complexity index is 480. The average molecular weight is 279 g/mol. The van der Waals surface area contributed by atoms with Gasteiger partial charge in [0, 0.05) is 13.1 Å². The Kier molecular flexibility index (Phi) is 4.70. The summed E-state index contributed by atoms with van der Waals surface area (Å²) >= 11 is 0. The third-order valence-corrected chi connectivity index (χ3v) is 4.00. The summed E-state index contributed by atoms with van der Waals surface area (Å²) in [6.07, 6.45) is 7.04. The summed E-state index contributed by atoms with van der Waals surface area (Å²) in [7, 11) is 1.62. The van der Waals surface area contributed by atoms with Crippen molar-refractivity contribution in [2.45, 2.75) is 45.1 Å². The average Bonchev–Trinajstić information content (AvgIpc) is 2.47. The normalized spacial score (nSPS) is 22.3. The van der Waals surface area contributed by atoms with Crippen molar-refractivity contribution >= 4 is 17.3 Å². The van der Waals surface area contributed by atoms with Crippen molar-refractivity contribution in [1.82, 2.24) is 9.97 Å². The number of rotatable bonds is 5. The van der Waals surface area contributed by atoms with Crippen molar-refractivity contribution in [2.24, 2.45) is 5.92 Å². The van der Waals surface area contributed by atoms with Gasteiger partial charge in [-0.25, -0.2) is 9.97 Å². The number of nitrogens with zero attached hydrogens (tertiary/aromatic N) is 3. The van der Waals surface area contributed by atoms with Crippen LogP contribution in [0.5, 0.6) is 0 Å². The summed E-state index contributed by atoms with van der Waals surface area (Å²) in [5.74, 6) is 1.12. The summed E-state index contributed by atoms with van der Waals surface area (Å²) in [6, 6.07) is 0.257. The van der Waals surface area contributed by atoms with Crippen molar-refractivity contribution in [3.63, 3.8) is 0 Å². The highest BCUT2D eigenvalue weighted by molar-refractivity contribution is 5.69. The monoisotopic (exact) mass is 279 g/mol. The molecule has 0 radical (unpaired) electrons. The quantitative estimate of drug-likeness (QED) is 0.636. The van der Waals surface area contributed by atoms with Gasteiger partial charge in [0.15, 0.2) is 0 Å². The fraction of sp³-hybridized carbons (Fsp3) is 0.692. The molecule has 1 aliphatic carbocycles. The Morgan fingerprint density at radius 2 is 2.05 bits per heavy atom. The molecule has 2 unspecified atom stereocenters. The third kappa shape index (κ3) is 2.97.